The monoisotopic (exact) mass is 431 g/mol. The highest BCUT2D eigenvalue weighted by molar-refractivity contribution is 7.70. The lowest BCUT2D eigenvalue weighted by Crippen LogP contribution is -2.35. The maximum Gasteiger partial charge on any atom is 0.191 e. The maximum absolute atomic E-state index is 12.2. The van der Waals surface area contributed by atoms with Crippen molar-refractivity contribution in [3.8, 4) is 0 Å². The third-order valence-corrected chi connectivity index (χ3v) is 6.63. The summed E-state index contributed by atoms with van der Waals surface area (Å²) in [7, 11) is -2.27. The average molecular weight is 431 g/mol. The molecule has 0 unspecified atom stereocenters. The first-order chi connectivity index (χ1) is 15.0. The fourth-order valence-electron chi connectivity index (χ4n) is 3.46. The summed E-state index contributed by atoms with van der Waals surface area (Å²) in [5.74, 6) is 2.00. The fourth-order valence-corrected chi connectivity index (χ4v) is 4.33. The lowest BCUT2D eigenvalue weighted by molar-refractivity contribution is 0.588. The smallest absolute Gasteiger partial charge is 0.191 e. The van der Waals surface area contributed by atoms with Gasteiger partial charge in [-0.05, 0) is 61.4 Å². The SMILES string of the molecule is CP(C)(=O)c1ccc(Nc2cnc3c(n2)N(Cc2ccc4ncccc4c2)NN3)cc1. The zero-order valence-electron chi connectivity index (χ0n) is 17.2. The second-order valence-corrected chi connectivity index (χ2v) is 11.0. The number of aromatic nitrogens is 3. The third kappa shape index (κ3) is 4.08. The molecule has 0 radical (unpaired) electrons. The van der Waals surface area contributed by atoms with Crippen molar-refractivity contribution in [3.63, 3.8) is 0 Å². The van der Waals surface area contributed by atoms with Gasteiger partial charge >= 0.3 is 0 Å². The first-order valence-corrected chi connectivity index (χ1v) is 12.5. The molecule has 0 bridgehead atoms. The Bertz CT molecular complexity index is 1300. The normalized spacial score (nSPS) is 13.2. The van der Waals surface area contributed by atoms with Crippen LogP contribution in [0.15, 0.2) is 67.0 Å². The van der Waals surface area contributed by atoms with Crippen LogP contribution in [0, 0.1) is 0 Å². The molecule has 0 saturated heterocycles. The van der Waals surface area contributed by atoms with E-state index < -0.39 is 7.14 Å². The molecule has 4 aromatic rings. The highest BCUT2D eigenvalue weighted by atomic mass is 31.2. The zero-order chi connectivity index (χ0) is 21.4. The van der Waals surface area contributed by atoms with Crippen molar-refractivity contribution in [1.29, 1.82) is 0 Å². The number of pyridine rings is 1. The molecule has 3 heterocycles. The van der Waals surface area contributed by atoms with Gasteiger partial charge in [-0.15, -0.1) is 5.53 Å². The van der Waals surface area contributed by atoms with Gasteiger partial charge in [0.15, 0.2) is 17.5 Å². The number of anilines is 4. The highest BCUT2D eigenvalue weighted by Gasteiger charge is 2.22. The molecule has 5 rings (SSSR count). The van der Waals surface area contributed by atoms with Gasteiger partial charge in [0.2, 0.25) is 0 Å². The van der Waals surface area contributed by atoms with Crippen molar-refractivity contribution in [2.24, 2.45) is 0 Å². The van der Waals surface area contributed by atoms with E-state index in [9.17, 15) is 4.57 Å². The van der Waals surface area contributed by atoms with Crippen LogP contribution in [0.1, 0.15) is 5.56 Å². The molecule has 31 heavy (non-hydrogen) atoms. The van der Waals surface area contributed by atoms with Gasteiger partial charge in [0.25, 0.3) is 0 Å². The van der Waals surface area contributed by atoms with Crippen molar-refractivity contribution >= 4 is 46.5 Å². The van der Waals surface area contributed by atoms with Crippen LogP contribution in [-0.4, -0.2) is 28.3 Å². The average Bonchev–Trinajstić information content (AvgIpc) is 3.15. The fraction of sp³-hybridized carbons (Fsp3) is 0.136. The number of nitrogens with zero attached hydrogens (tertiary/aromatic N) is 4. The molecule has 156 valence electrons. The quantitative estimate of drug-likeness (QED) is 0.410. The number of hydrogen-bond donors (Lipinski definition) is 3. The van der Waals surface area contributed by atoms with Crippen LogP contribution in [0.25, 0.3) is 10.9 Å². The summed E-state index contributed by atoms with van der Waals surface area (Å²) < 4.78 is 12.2. The molecule has 3 N–H and O–H groups in total. The molecule has 2 aromatic heterocycles. The van der Waals surface area contributed by atoms with Gasteiger partial charge in [-0.25, -0.2) is 9.97 Å². The summed E-state index contributed by atoms with van der Waals surface area (Å²) in [5, 5.41) is 7.13. The van der Waals surface area contributed by atoms with Crippen LogP contribution in [-0.2, 0) is 11.1 Å². The van der Waals surface area contributed by atoms with Crippen molar-refractivity contribution < 1.29 is 4.57 Å². The molecule has 0 fully saturated rings. The Morgan fingerprint density at radius 1 is 1.06 bits per heavy atom. The number of fused-ring (bicyclic) bond motifs is 2. The number of rotatable bonds is 5. The van der Waals surface area contributed by atoms with Crippen molar-refractivity contribution in [2.45, 2.75) is 6.54 Å². The second kappa shape index (κ2) is 7.65. The predicted molar refractivity (Wildman–Crippen MR) is 126 cm³/mol. The second-order valence-electron chi connectivity index (χ2n) is 7.80. The number of hydrazine groups is 2. The molecule has 0 amide bonds. The van der Waals surface area contributed by atoms with E-state index in [1.807, 2.05) is 41.4 Å². The van der Waals surface area contributed by atoms with Gasteiger partial charge in [0.1, 0.15) is 7.14 Å². The number of benzene rings is 2. The molecule has 8 nitrogen and oxygen atoms in total. The molecule has 9 heteroatoms. The van der Waals surface area contributed by atoms with Gasteiger partial charge in [0.05, 0.1) is 18.3 Å². The van der Waals surface area contributed by atoms with Crippen LogP contribution in [0.4, 0.5) is 23.1 Å². The molecule has 0 spiro atoms. The summed E-state index contributed by atoms with van der Waals surface area (Å²) >= 11 is 0. The Morgan fingerprint density at radius 2 is 1.90 bits per heavy atom. The molecule has 1 aliphatic rings. The van der Waals surface area contributed by atoms with Gasteiger partial charge in [-0.3, -0.25) is 15.4 Å². The minimum atomic E-state index is -2.27. The first-order valence-electron chi connectivity index (χ1n) is 9.88. The summed E-state index contributed by atoms with van der Waals surface area (Å²) in [6.45, 7) is 4.14. The van der Waals surface area contributed by atoms with E-state index in [0.29, 0.717) is 24.0 Å². The molecule has 0 aliphatic carbocycles. The molecular weight excluding hydrogens is 409 g/mol. The Kier molecular flexibility index (Phi) is 4.81. The third-order valence-electron chi connectivity index (χ3n) is 5.09. The Hall–Kier alpha value is -3.48. The standard InChI is InChI=1S/C22H22N7OP/c1-31(2,30)18-8-6-17(7-9-18)25-20-13-24-21-22(26-20)29(28-27-21)14-15-5-10-19-16(12-15)4-3-11-23-19/h3-13,28H,14H2,1-2H3,(H,24,27)(H,25,26). The summed E-state index contributed by atoms with van der Waals surface area (Å²) in [6, 6.07) is 17.8. The Balaban J connectivity index is 1.35. The summed E-state index contributed by atoms with van der Waals surface area (Å²) in [6.07, 6.45) is 3.47. The molecule has 0 atom stereocenters. The largest absolute Gasteiger partial charge is 0.339 e. The van der Waals surface area contributed by atoms with E-state index in [2.05, 4.69) is 44.4 Å². The maximum atomic E-state index is 12.2. The van der Waals surface area contributed by atoms with Crippen LogP contribution in [0.5, 0.6) is 0 Å². The van der Waals surface area contributed by atoms with E-state index in [1.165, 1.54) is 0 Å². The molecule has 0 saturated carbocycles. The molecule has 2 aromatic carbocycles. The minimum absolute atomic E-state index is 0.611. The van der Waals surface area contributed by atoms with Gasteiger partial charge in [0, 0.05) is 22.6 Å². The van der Waals surface area contributed by atoms with Crippen molar-refractivity contribution in [3.05, 3.63) is 72.6 Å². The minimum Gasteiger partial charge on any atom is -0.339 e. The van der Waals surface area contributed by atoms with Crippen LogP contribution in [0.2, 0.25) is 0 Å². The summed E-state index contributed by atoms with van der Waals surface area (Å²) in [4.78, 5) is 13.6. The lowest BCUT2D eigenvalue weighted by atomic mass is 10.1. The zero-order valence-corrected chi connectivity index (χ0v) is 18.1. The lowest BCUT2D eigenvalue weighted by Gasteiger charge is -2.17. The van der Waals surface area contributed by atoms with Gasteiger partial charge in [-0.2, -0.15) is 0 Å². The van der Waals surface area contributed by atoms with Crippen LogP contribution in [0.3, 0.4) is 0 Å². The van der Waals surface area contributed by atoms with E-state index in [4.69, 9.17) is 4.98 Å². The van der Waals surface area contributed by atoms with E-state index >= 15 is 0 Å². The first kappa shape index (κ1) is 19.5. The van der Waals surface area contributed by atoms with Gasteiger partial charge < -0.3 is 9.88 Å². The van der Waals surface area contributed by atoms with E-state index in [0.717, 1.165) is 27.5 Å². The molecular formula is C22H22N7OP. The van der Waals surface area contributed by atoms with E-state index in [1.54, 1.807) is 25.7 Å². The molecule has 1 aliphatic heterocycles. The van der Waals surface area contributed by atoms with E-state index in [-0.39, 0.29) is 0 Å². The predicted octanol–water partition coefficient (Wildman–Crippen LogP) is 3.87. The number of hydrogen-bond acceptors (Lipinski definition) is 8. The van der Waals surface area contributed by atoms with Crippen LogP contribution >= 0.6 is 7.14 Å². The Morgan fingerprint density at radius 3 is 2.71 bits per heavy atom. The number of nitrogens with one attached hydrogen (secondary N) is 3. The van der Waals surface area contributed by atoms with Crippen LogP contribution < -0.4 is 26.6 Å². The highest BCUT2D eigenvalue weighted by Crippen LogP contribution is 2.35. The summed E-state index contributed by atoms with van der Waals surface area (Å²) in [5.41, 5.74) is 9.13. The van der Waals surface area contributed by atoms with Crippen molar-refractivity contribution in [1.82, 2.24) is 20.5 Å². The Labute approximate surface area is 180 Å². The topological polar surface area (TPSA) is 95.1 Å². The van der Waals surface area contributed by atoms with Gasteiger partial charge in [-0.1, -0.05) is 12.1 Å². The van der Waals surface area contributed by atoms with Crippen molar-refractivity contribution in [2.75, 3.05) is 29.1 Å².